The van der Waals surface area contributed by atoms with Crippen LogP contribution in [0, 0.1) is 5.41 Å². The molecule has 34 heavy (non-hydrogen) atoms. The van der Waals surface area contributed by atoms with E-state index in [0.717, 1.165) is 16.8 Å². The summed E-state index contributed by atoms with van der Waals surface area (Å²) in [5.74, 6) is -0.662. The molecule has 1 heterocycles. The molecular formula is C27H38N2O5. The van der Waals surface area contributed by atoms with Crippen LogP contribution in [0.5, 0.6) is 0 Å². The van der Waals surface area contributed by atoms with Gasteiger partial charge in [0.05, 0.1) is 19.8 Å². The van der Waals surface area contributed by atoms with Gasteiger partial charge in [0, 0.05) is 22.2 Å². The number of carbonyl (C=O) groups is 1. The average Bonchev–Trinajstić information content (AvgIpc) is 2.78. The maximum Gasteiger partial charge on any atom is 0.319 e. The number of hydrogen-bond acceptors (Lipinski definition) is 5. The largest absolute Gasteiger partial charge is 0.364 e. The van der Waals surface area contributed by atoms with E-state index in [4.69, 9.17) is 9.47 Å². The highest BCUT2D eigenvalue weighted by molar-refractivity contribution is 5.91. The van der Waals surface area contributed by atoms with Crippen LogP contribution in [0.4, 0.5) is 10.5 Å². The molecular weight excluding hydrogens is 432 g/mol. The summed E-state index contributed by atoms with van der Waals surface area (Å²) in [5.41, 5.74) is 3.91. The molecule has 2 amide bonds. The maximum absolute atomic E-state index is 13.0. The minimum atomic E-state index is -1.56. The van der Waals surface area contributed by atoms with Gasteiger partial charge in [0.25, 0.3) is 0 Å². The van der Waals surface area contributed by atoms with E-state index in [-0.39, 0.29) is 29.8 Å². The van der Waals surface area contributed by atoms with E-state index >= 15 is 0 Å². The third kappa shape index (κ3) is 5.96. The van der Waals surface area contributed by atoms with Crippen molar-refractivity contribution < 1.29 is 24.5 Å². The van der Waals surface area contributed by atoms with Gasteiger partial charge in [-0.05, 0) is 23.0 Å². The van der Waals surface area contributed by atoms with Crippen LogP contribution in [-0.2, 0) is 15.3 Å². The normalized spacial score (nSPS) is 17.3. The second-order valence-corrected chi connectivity index (χ2v) is 10.4. The number of hydrogen-bond donors (Lipinski definition) is 4. The Hall–Kier alpha value is -2.45. The fourth-order valence-electron chi connectivity index (χ4n) is 4.04. The van der Waals surface area contributed by atoms with E-state index in [9.17, 15) is 15.0 Å². The number of aliphatic hydroxyl groups is 2. The van der Waals surface area contributed by atoms with Gasteiger partial charge in [0.1, 0.15) is 0 Å². The second kappa shape index (κ2) is 10.4. The van der Waals surface area contributed by atoms with E-state index in [2.05, 4.69) is 52.2 Å². The number of rotatable bonds is 7. The number of amides is 2. The maximum atomic E-state index is 13.0. The lowest BCUT2D eigenvalue weighted by molar-refractivity contribution is -0.303. The first-order valence-electron chi connectivity index (χ1n) is 11.9. The van der Waals surface area contributed by atoms with Crippen molar-refractivity contribution in [3.8, 4) is 0 Å². The lowest BCUT2D eigenvalue weighted by atomic mass is 9.92. The van der Waals surface area contributed by atoms with E-state index in [0.29, 0.717) is 24.3 Å². The highest BCUT2D eigenvalue weighted by Gasteiger charge is 2.42. The Balaban J connectivity index is 1.82. The fourth-order valence-corrected chi connectivity index (χ4v) is 4.04. The third-order valence-corrected chi connectivity index (χ3v) is 6.13. The van der Waals surface area contributed by atoms with Crippen LogP contribution in [0.15, 0.2) is 42.5 Å². The molecule has 2 aromatic carbocycles. The third-order valence-electron chi connectivity index (χ3n) is 6.13. The van der Waals surface area contributed by atoms with Crippen LogP contribution in [-0.4, -0.2) is 36.0 Å². The van der Waals surface area contributed by atoms with Crippen molar-refractivity contribution in [3.05, 3.63) is 64.7 Å². The van der Waals surface area contributed by atoms with Crippen LogP contribution in [0.25, 0.3) is 0 Å². The number of para-hydroxylation sites is 1. The number of carbonyl (C=O) groups excluding carboxylic acids is 1. The molecule has 0 bridgehead atoms. The molecule has 7 heteroatoms. The standard InChI is InChI=1S/C27H38N2O5/c1-17(2)21-8-7-9-22(18(3)4)23(21)29-25(32)28-14-27(33-15-26(5,6)16-34-27)20-12-10-19(11-13-20)24(30)31/h7-13,17-18,24,30-31H,14-16H2,1-6H3,(H2,28,29,32). The molecule has 0 aromatic heterocycles. The Labute approximate surface area is 202 Å². The minimum Gasteiger partial charge on any atom is -0.364 e. The number of nitrogens with one attached hydrogen (secondary N) is 2. The fraction of sp³-hybridized carbons (Fsp3) is 0.519. The number of ether oxygens (including phenoxy) is 2. The van der Waals surface area contributed by atoms with Gasteiger partial charge in [-0.1, -0.05) is 84.0 Å². The molecule has 1 aliphatic rings. The molecule has 0 unspecified atom stereocenters. The summed E-state index contributed by atoms with van der Waals surface area (Å²) in [4.78, 5) is 13.0. The summed E-state index contributed by atoms with van der Waals surface area (Å²) < 4.78 is 12.4. The van der Waals surface area contributed by atoms with E-state index < -0.39 is 12.1 Å². The van der Waals surface area contributed by atoms with Gasteiger partial charge >= 0.3 is 6.03 Å². The van der Waals surface area contributed by atoms with E-state index in [1.807, 2.05) is 18.2 Å². The second-order valence-electron chi connectivity index (χ2n) is 10.4. The summed E-state index contributed by atoms with van der Waals surface area (Å²) in [6.07, 6.45) is -1.56. The smallest absolute Gasteiger partial charge is 0.319 e. The van der Waals surface area contributed by atoms with Crippen LogP contribution in [0.3, 0.4) is 0 Å². The Morgan fingerprint density at radius 1 is 0.941 bits per heavy atom. The molecule has 3 rings (SSSR count). The van der Waals surface area contributed by atoms with Crippen LogP contribution in [0.2, 0.25) is 0 Å². The number of aliphatic hydroxyl groups excluding tert-OH is 1. The molecule has 0 radical (unpaired) electrons. The molecule has 1 aliphatic heterocycles. The zero-order valence-corrected chi connectivity index (χ0v) is 21.0. The molecule has 2 aromatic rings. The lowest BCUT2D eigenvalue weighted by Crippen LogP contribution is -2.52. The molecule has 0 spiro atoms. The number of anilines is 1. The first kappa shape index (κ1) is 26.2. The van der Waals surface area contributed by atoms with E-state index in [1.165, 1.54) is 0 Å². The first-order chi connectivity index (χ1) is 15.9. The molecule has 0 saturated carbocycles. The van der Waals surface area contributed by atoms with Crippen molar-refractivity contribution in [3.63, 3.8) is 0 Å². The van der Waals surface area contributed by atoms with Gasteiger partial charge in [0.2, 0.25) is 5.79 Å². The predicted molar refractivity (Wildman–Crippen MR) is 133 cm³/mol. The van der Waals surface area contributed by atoms with Crippen molar-refractivity contribution in [2.24, 2.45) is 5.41 Å². The van der Waals surface area contributed by atoms with Gasteiger partial charge in [-0.3, -0.25) is 0 Å². The molecule has 4 N–H and O–H groups in total. The molecule has 0 aliphatic carbocycles. The van der Waals surface area contributed by atoms with Crippen LogP contribution in [0.1, 0.15) is 81.9 Å². The number of urea groups is 1. The van der Waals surface area contributed by atoms with Gasteiger partial charge in [-0.25, -0.2) is 4.79 Å². The first-order valence-corrected chi connectivity index (χ1v) is 11.9. The van der Waals surface area contributed by atoms with Gasteiger partial charge in [0.15, 0.2) is 6.29 Å². The predicted octanol–water partition coefficient (Wildman–Crippen LogP) is 4.96. The average molecular weight is 471 g/mol. The summed E-state index contributed by atoms with van der Waals surface area (Å²) in [6.45, 7) is 13.5. The molecule has 1 fully saturated rings. The minimum absolute atomic E-state index is 0.0940. The number of benzene rings is 2. The Bertz CT molecular complexity index is 947. The zero-order chi connectivity index (χ0) is 25.1. The monoisotopic (exact) mass is 470 g/mol. The zero-order valence-electron chi connectivity index (χ0n) is 21.0. The summed E-state index contributed by atoms with van der Waals surface area (Å²) in [7, 11) is 0. The van der Waals surface area contributed by atoms with Crippen LogP contribution < -0.4 is 10.6 Å². The molecule has 7 nitrogen and oxygen atoms in total. The molecule has 1 saturated heterocycles. The SMILES string of the molecule is CC(C)c1cccc(C(C)C)c1NC(=O)NCC1(c2ccc(C(O)O)cc2)OCC(C)(C)CO1. The summed E-state index contributed by atoms with van der Waals surface area (Å²) in [5, 5.41) is 24.9. The highest BCUT2D eigenvalue weighted by atomic mass is 16.7. The molecule has 0 atom stereocenters. The van der Waals surface area contributed by atoms with Crippen molar-refractivity contribution in [2.45, 2.75) is 65.5 Å². The van der Waals surface area contributed by atoms with Gasteiger partial charge < -0.3 is 30.3 Å². The molecule has 186 valence electrons. The van der Waals surface area contributed by atoms with Crippen molar-refractivity contribution in [1.29, 1.82) is 0 Å². The van der Waals surface area contributed by atoms with Crippen molar-refractivity contribution in [2.75, 3.05) is 25.1 Å². The highest BCUT2D eigenvalue weighted by Crippen LogP contribution is 2.37. The Morgan fingerprint density at radius 2 is 1.47 bits per heavy atom. The topological polar surface area (TPSA) is 100 Å². The van der Waals surface area contributed by atoms with Gasteiger partial charge in [-0.15, -0.1) is 0 Å². The quantitative estimate of drug-likeness (QED) is 0.429. The lowest BCUT2D eigenvalue weighted by Gasteiger charge is -2.43. The van der Waals surface area contributed by atoms with Gasteiger partial charge in [-0.2, -0.15) is 0 Å². The summed E-state index contributed by atoms with van der Waals surface area (Å²) >= 11 is 0. The van der Waals surface area contributed by atoms with Crippen molar-refractivity contribution in [1.82, 2.24) is 5.32 Å². The Morgan fingerprint density at radius 3 is 1.94 bits per heavy atom. The summed E-state index contributed by atoms with van der Waals surface area (Å²) in [6, 6.07) is 12.5. The van der Waals surface area contributed by atoms with Crippen molar-refractivity contribution >= 4 is 11.7 Å². The Kier molecular flexibility index (Phi) is 8.03. The van der Waals surface area contributed by atoms with Crippen LogP contribution >= 0.6 is 0 Å². The van der Waals surface area contributed by atoms with E-state index in [1.54, 1.807) is 24.3 Å².